The number of pyridine rings is 1. The van der Waals surface area contributed by atoms with Gasteiger partial charge in [0.1, 0.15) is 5.75 Å². The number of fused-ring (bicyclic) bond motifs is 1. The molecule has 2 aromatic carbocycles. The van der Waals surface area contributed by atoms with E-state index < -0.39 is 5.97 Å². The number of likely N-dealkylation sites (tertiary alicyclic amines) is 1. The number of carboxylic acid groups (broad SMARTS) is 1. The molecule has 36 heavy (non-hydrogen) atoms. The fourth-order valence-electron chi connectivity index (χ4n) is 5.17. The van der Waals surface area contributed by atoms with Crippen LogP contribution in [0, 0.1) is 11.8 Å². The molecule has 1 N–H and O–H groups in total. The summed E-state index contributed by atoms with van der Waals surface area (Å²) in [6.07, 6.45) is 6.12. The first kappa shape index (κ1) is 27.1. The summed E-state index contributed by atoms with van der Waals surface area (Å²) in [4.78, 5) is 19.4. The van der Waals surface area contributed by atoms with Crippen LogP contribution in [0.15, 0.2) is 53.6 Å². The highest BCUT2D eigenvalue weighted by Gasteiger charge is 2.30. The number of aromatic nitrogens is 1. The van der Waals surface area contributed by atoms with Crippen LogP contribution in [-0.4, -0.2) is 53.5 Å². The molecule has 0 spiro atoms. The van der Waals surface area contributed by atoms with Crippen LogP contribution in [0.3, 0.4) is 0 Å². The summed E-state index contributed by atoms with van der Waals surface area (Å²) in [6.45, 7) is 2.70. The third kappa shape index (κ3) is 7.06. The Kier molecular flexibility index (Phi) is 9.77. The molecule has 0 amide bonds. The van der Waals surface area contributed by atoms with E-state index in [2.05, 4.69) is 22.0 Å². The van der Waals surface area contributed by atoms with Crippen molar-refractivity contribution in [2.45, 2.75) is 37.0 Å². The third-order valence-electron chi connectivity index (χ3n) is 7.05. The Hall–Kier alpha value is -1.99. The topological polar surface area (TPSA) is 62.7 Å². The number of carboxylic acids is 1. The molecule has 5 nitrogen and oxygen atoms in total. The minimum atomic E-state index is -0.712. The predicted octanol–water partition coefficient (Wildman–Crippen LogP) is 7.08. The van der Waals surface area contributed by atoms with Crippen LogP contribution in [0.4, 0.5) is 0 Å². The summed E-state index contributed by atoms with van der Waals surface area (Å²) in [7, 11) is 1.68. The summed E-state index contributed by atoms with van der Waals surface area (Å²) < 4.78 is 5.40. The standard InChI is InChI=1S/C28H32Cl2N2O3S/c1-35-22-8-9-26-23(17-22)20(10-12-31-26)5-2-4-19-11-13-32(18-21(19)16-27(33)34)14-15-36-28-24(29)6-3-7-25(28)30/h3,6-10,12,17,19,21H,2,4-5,11,13-16,18H2,1H3,(H,33,34)/t19-,21+/m1/s1. The minimum Gasteiger partial charge on any atom is -0.497 e. The van der Waals surface area contributed by atoms with E-state index in [4.69, 9.17) is 27.9 Å². The van der Waals surface area contributed by atoms with E-state index in [1.54, 1.807) is 18.9 Å². The Bertz CT molecular complexity index is 1170. The van der Waals surface area contributed by atoms with E-state index in [-0.39, 0.29) is 12.3 Å². The quantitative estimate of drug-likeness (QED) is 0.259. The van der Waals surface area contributed by atoms with E-state index in [0.29, 0.717) is 16.0 Å². The van der Waals surface area contributed by atoms with Crippen LogP contribution in [0.25, 0.3) is 10.9 Å². The highest BCUT2D eigenvalue weighted by Crippen LogP contribution is 2.35. The number of halogens is 2. The van der Waals surface area contributed by atoms with Crippen LogP contribution in [-0.2, 0) is 11.2 Å². The summed E-state index contributed by atoms with van der Waals surface area (Å²) in [5, 5.41) is 12.0. The monoisotopic (exact) mass is 546 g/mol. The number of methoxy groups -OCH3 is 1. The molecule has 1 fully saturated rings. The van der Waals surface area contributed by atoms with Gasteiger partial charge in [-0.25, -0.2) is 0 Å². The highest BCUT2D eigenvalue weighted by molar-refractivity contribution is 7.99. The molecule has 0 unspecified atom stereocenters. The van der Waals surface area contributed by atoms with Gasteiger partial charge < -0.3 is 14.7 Å². The summed E-state index contributed by atoms with van der Waals surface area (Å²) in [5.74, 6) is 1.58. The van der Waals surface area contributed by atoms with Crippen molar-refractivity contribution < 1.29 is 14.6 Å². The predicted molar refractivity (Wildman–Crippen MR) is 149 cm³/mol. The van der Waals surface area contributed by atoms with Gasteiger partial charge in [-0.3, -0.25) is 9.78 Å². The first-order valence-electron chi connectivity index (χ1n) is 12.4. The number of rotatable bonds is 11. The Labute approximate surface area is 227 Å². The normalized spacial score (nSPS) is 18.4. The van der Waals surface area contributed by atoms with E-state index in [9.17, 15) is 9.90 Å². The SMILES string of the molecule is COc1ccc2nccc(CCC[C@@H]3CCN(CCSc4c(Cl)cccc4Cl)C[C@@H]3CC(=O)O)c2c1. The van der Waals surface area contributed by atoms with Gasteiger partial charge in [-0.1, -0.05) is 29.3 Å². The molecule has 1 saturated heterocycles. The lowest BCUT2D eigenvalue weighted by molar-refractivity contribution is -0.139. The number of ether oxygens (including phenoxy) is 1. The maximum atomic E-state index is 11.6. The first-order valence-corrected chi connectivity index (χ1v) is 14.1. The molecule has 8 heteroatoms. The lowest BCUT2D eigenvalue weighted by atomic mass is 9.80. The van der Waals surface area contributed by atoms with Gasteiger partial charge in [0.25, 0.3) is 0 Å². The molecule has 192 valence electrons. The summed E-state index contributed by atoms with van der Waals surface area (Å²) in [6, 6.07) is 13.6. The minimum absolute atomic E-state index is 0.166. The van der Waals surface area contributed by atoms with E-state index in [1.807, 2.05) is 36.5 Å². The van der Waals surface area contributed by atoms with Gasteiger partial charge >= 0.3 is 5.97 Å². The zero-order chi connectivity index (χ0) is 25.5. The lowest BCUT2D eigenvalue weighted by Crippen LogP contribution is -2.42. The zero-order valence-electron chi connectivity index (χ0n) is 20.5. The van der Waals surface area contributed by atoms with Crippen LogP contribution >= 0.6 is 35.0 Å². The first-order chi connectivity index (χ1) is 17.4. The van der Waals surface area contributed by atoms with Gasteiger partial charge in [-0.05, 0) is 86.0 Å². The van der Waals surface area contributed by atoms with Gasteiger partial charge in [0.05, 0.1) is 22.7 Å². The molecule has 2 heterocycles. The van der Waals surface area contributed by atoms with Crippen molar-refractivity contribution in [2.75, 3.05) is 32.5 Å². The van der Waals surface area contributed by atoms with Gasteiger partial charge in [-0.15, -0.1) is 11.8 Å². The van der Waals surface area contributed by atoms with Crippen LogP contribution < -0.4 is 4.74 Å². The van der Waals surface area contributed by atoms with E-state index >= 15 is 0 Å². The smallest absolute Gasteiger partial charge is 0.303 e. The second-order valence-corrected chi connectivity index (χ2v) is 11.3. The molecule has 0 radical (unpaired) electrons. The molecule has 3 aromatic rings. The van der Waals surface area contributed by atoms with Gasteiger partial charge in [-0.2, -0.15) is 0 Å². The number of hydrogen-bond donors (Lipinski definition) is 1. The van der Waals surface area contributed by atoms with Crippen molar-refractivity contribution in [3.8, 4) is 5.75 Å². The van der Waals surface area contributed by atoms with E-state index in [1.165, 1.54) is 5.56 Å². The van der Waals surface area contributed by atoms with Crippen molar-refractivity contribution in [2.24, 2.45) is 11.8 Å². The number of hydrogen-bond acceptors (Lipinski definition) is 5. The van der Waals surface area contributed by atoms with Crippen molar-refractivity contribution in [1.82, 2.24) is 9.88 Å². The Morgan fingerprint density at radius 1 is 1.19 bits per heavy atom. The lowest BCUT2D eigenvalue weighted by Gasteiger charge is -2.38. The number of piperidine rings is 1. The second-order valence-electron chi connectivity index (χ2n) is 9.35. The average Bonchev–Trinajstić information content (AvgIpc) is 2.86. The molecule has 1 aliphatic rings. The molecule has 1 aromatic heterocycles. The van der Waals surface area contributed by atoms with Crippen molar-refractivity contribution in [3.63, 3.8) is 0 Å². The maximum absolute atomic E-state index is 11.6. The third-order valence-corrected chi connectivity index (χ3v) is 9.01. The van der Waals surface area contributed by atoms with Crippen molar-refractivity contribution in [1.29, 1.82) is 0 Å². The van der Waals surface area contributed by atoms with Crippen LogP contribution in [0.1, 0.15) is 31.2 Å². The van der Waals surface area contributed by atoms with Crippen LogP contribution in [0.2, 0.25) is 10.0 Å². The van der Waals surface area contributed by atoms with Gasteiger partial charge in [0.15, 0.2) is 0 Å². The number of aryl methyl sites for hydroxylation is 1. The molecular formula is C28H32Cl2N2O3S. The van der Waals surface area contributed by atoms with E-state index in [0.717, 1.165) is 72.6 Å². The number of thioether (sulfide) groups is 1. The number of carbonyl (C=O) groups is 1. The molecule has 0 saturated carbocycles. The largest absolute Gasteiger partial charge is 0.497 e. The average molecular weight is 548 g/mol. The van der Waals surface area contributed by atoms with Crippen LogP contribution in [0.5, 0.6) is 5.75 Å². The Morgan fingerprint density at radius 2 is 2.00 bits per heavy atom. The second kappa shape index (κ2) is 13.0. The summed E-state index contributed by atoms with van der Waals surface area (Å²) in [5.41, 5.74) is 2.24. The Balaban J connectivity index is 1.32. The van der Waals surface area contributed by atoms with Gasteiger partial charge in [0.2, 0.25) is 0 Å². The molecule has 0 bridgehead atoms. The van der Waals surface area contributed by atoms with Crippen molar-refractivity contribution in [3.05, 3.63) is 64.3 Å². The maximum Gasteiger partial charge on any atom is 0.303 e. The number of aliphatic carboxylic acids is 1. The number of benzene rings is 2. The fraction of sp³-hybridized carbons (Fsp3) is 0.429. The zero-order valence-corrected chi connectivity index (χ0v) is 22.8. The highest BCUT2D eigenvalue weighted by atomic mass is 35.5. The summed E-state index contributed by atoms with van der Waals surface area (Å²) >= 11 is 14.3. The molecule has 2 atom stereocenters. The molecule has 4 rings (SSSR count). The Morgan fingerprint density at radius 3 is 2.75 bits per heavy atom. The van der Waals surface area contributed by atoms with Gasteiger partial charge in [0, 0.05) is 41.7 Å². The molecule has 1 aliphatic heterocycles. The fourth-order valence-corrected chi connectivity index (χ4v) is 6.86. The molecule has 0 aliphatic carbocycles. The van der Waals surface area contributed by atoms with Crippen molar-refractivity contribution >= 4 is 51.8 Å². The molecular weight excluding hydrogens is 515 g/mol. The number of nitrogens with zero attached hydrogens (tertiary/aromatic N) is 2.